The van der Waals surface area contributed by atoms with Gasteiger partial charge in [-0.25, -0.2) is 4.98 Å². The average molecular weight is 324 g/mol. The molecule has 2 aromatic rings. The first-order chi connectivity index (χ1) is 10.9. The quantitative estimate of drug-likeness (QED) is 0.917. The molecule has 0 atom stereocenters. The Kier molecular flexibility index (Phi) is 5.20. The number of carbonyl (C=O) groups is 1. The molecule has 0 unspecified atom stereocenters. The molecule has 1 amide bonds. The molecule has 0 radical (unpaired) electrons. The maximum Gasteiger partial charge on any atom is 0.416 e. The van der Waals surface area contributed by atoms with Crippen LogP contribution < -0.4 is 10.1 Å². The number of carbonyl (C=O) groups excluding carboxylic acids is 1. The summed E-state index contributed by atoms with van der Waals surface area (Å²) in [4.78, 5) is 16.1. The molecule has 0 saturated heterocycles. The number of pyridine rings is 1. The van der Waals surface area contributed by atoms with E-state index in [1.165, 1.54) is 12.1 Å². The van der Waals surface area contributed by atoms with Gasteiger partial charge in [0.2, 0.25) is 5.88 Å². The van der Waals surface area contributed by atoms with Crippen molar-refractivity contribution in [2.24, 2.45) is 0 Å². The van der Waals surface area contributed by atoms with E-state index in [1.54, 1.807) is 25.3 Å². The van der Waals surface area contributed by atoms with E-state index >= 15 is 0 Å². The van der Waals surface area contributed by atoms with E-state index in [0.717, 1.165) is 12.1 Å². The Balaban J connectivity index is 2.09. The van der Waals surface area contributed by atoms with Crippen LogP contribution in [-0.2, 0) is 12.7 Å². The molecule has 0 spiro atoms. The molecule has 1 aromatic carbocycles. The Morgan fingerprint density at radius 1 is 1.26 bits per heavy atom. The number of nitrogens with zero attached hydrogens (tertiary/aromatic N) is 1. The van der Waals surface area contributed by atoms with Gasteiger partial charge in [0.15, 0.2) is 0 Å². The summed E-state index contributed by atoms with van der Waals surface area (Å²) in [5, 5.41) is 2.57. The first-order valence-electron chi connectivity index (χ1n) is 6.94. The molecular formula is C16H15F3N2O2. The Bertz CT molecular complexity index is 687. The number of hydrogen-bond acceptors (Lipinski definition) is 3. The van der Waals surface area contributed by atoms with Gasteiger partial charge in [-0.2, -0.15) is 13.2 Å². The fourth-order valence-electron chi connectivity index (χ4n) is 1.94. The van der Waals surface area contributed by atoms with Gasteiger partial charge in [0.25, 0.3) is 5.91 Å². The van der Waals surface area contributed by atoms with Crippen LogP contribution in [0.4, 0.5) is 13.2 Å². The van der Waals surface area contributed by atoms with Crippen LogP contribution in [0.15, 0.2) is 42.6 Å². The van der Waals surface area contributed by atoms with Gasteiger partial charge in [0.1, 0.15) is 0 Å². The molecule has 23 heavy (non-hydrogen) atoms. The Hall–Kier alpha value is -2.57. The molecule has 0 bridgehead atoms. The normalized spacial score (nSPS) is 11.1. The van der Waals surface area contributed by atoms with Crippen molar-refractivity contribution in [3.05, 3.63) is 59.3 Å². The number of hydrogen-bond donors (Lipinski definition) is 1. The molecule has 7 heteroatoms. The van der Waals surface area contributed by atoms with E-state index in [0.29, 0.717) is 18.1 Å². The molecule has 1 N–H and O–H groups in total. The van der Waals surface area contributed by atoms with Crippen molar-refractivity contribution in [3.8, 4) is 5.88 Å². The minimum atomic E-state index is -4.48. The number of halogens is 3. The predicted octanol–water partition coefficient (Wildman–Crippen LogP) is 3.43. The molecule has 0 fully saturated rings. The van der Waals surface area contributed by atoms with Crippen LogP contribution in [0.1, 0.15) is 28.4 Å². The van der Waals surface area contributed by atoms with Crippen molar-refractivity contribution in [1.29, 1.82) is 0 Å². The number of amides is 1. The summed E-state index contributed by atoms with van der Waals surface area (Å²) in [7, 11) is 0. The zero-order valence-electron chi connectivity index (χ0n) is 12.4. The predicted molar refractivity (Wildman–Crippen MR) is 78.0 cm³/mol. The van der Waals surface area contributed by atoms with Crippen molar-refractivity contribution in [2.75, 3.05) is 6.61 Å². The highest BCUT2D eigenvalue weighted by atomic mass is 19.4. The summed E-state index contributed by atoms with van der Waals surface area (Å²) < 4.78 is 43.3. The summed E-state index contributed by atoms with van der Waals surface area (Å²) in [5.41, 5.74) is -0.266. The Morgan fingerprint density at radius 2 is 2.04 bits per heavy atom. The van der Waals surface area contributed by atoms with Crippen LogP contribution in [0.2, 0.25) is 0 Å². The third kappa shape index (κ3) is 4.45. The molecule has 0 aliphatic rings. The zero-order valence-corrected chi connectivity index (χ0v) is 12.4. The van der Waals surface area contributed by atoms with E-state index in [-0.39, 0.29) is 12.1 Å². The topological polar surface area (TPSA) is 51.2 Å². The smallest absolute Gasteiger partial charge is 0.416 e. The second-order valence-corrected chi connectivity index (χ2v) is 4.66. The number of alkyl halides is 3. The first-order valence-corrected chi connectivity index (χ1v) is 6.94. The van der Waals surface area contributed by atoms with Gasteiger partial charge in [-0.15, -0.1) is 0 Å². The number of benzene rings is 1. The third-order valence-corrected chi connectivity index (χ3v) is 3.02. The minimum absolute atomic E-state index is 0.0540. The fraction of sp³-hybridized carbons (Fsp3) is 0.250. The zero-order chi connectivity index (χ0) is 16.9. The maximum absolute atomic E-state index is 12.7. The number of nitrogens with one attached hydrogen (secondary N) is 1. The van der Waals surface area contributed by atoms with Gasteiger partial charge in [0.05, 0.1) is 12.2 Å². The lowest BCUT2D eigenvalue weighted by atomic mass is 10.1. The Morgan fingerprint density at radius 3 is 2.74 bits per heavy atom. The van der Waals surface area contributed by atoms with E-state index in [2.05, 4.69) is 10.3 Å². The lowest BCUT2D eigenvalue weighted by molar-refractivity contribution is -0.137. The van der Waals surface area contributed by atoms with Crippen LogP contribution in [0.3, 0.4) is 0 Å². The monoisotopic (exact) mass is 324 g/mol. The standard InChI is InChI=1S/C16H15F3N2O2/c1-2-23-15-12(6-4-8-20-15)10-21-14(22)11-5-3-7-13(9-11)16(17,18)19/h3-9H,2,10H2,1H3,(H,21,22). The molecule has 0 saturated carbocycles. The first kappa shape index (κ1) is 16.8. The summed E-state index contributed by atoms with van der Waals surface area (Å²) in [6.07, 6.45) is -2.93. The van der Waals surface area contributed by atoms with Crippen LogP contribution in [0.25, 0.3) is 0 Å². The number of aromatic nitrogens is 1. The SMILES string of the molecule is CCOc1ncccc1CNC(=O)c1cccc(C(F)(F)F)c1. The second kappa shape index (κ2) is 7.13. The van der Waals surface area contributed by atoms with Crippen LogP contribution >= 0.6 is 0 Å². The van der Waals surface area contributed by atoms with E-state index in [9.17, 15) is 18.0 Å². The van der Waals surface area contributed by atoms with E-state index in [1.807, 2.05) is 0 Å². The lowest BCUT2D eigenvalue weighted by Gasteiger charge is -2.11. The molecule has 0 aliphatic heterocycles. The molecule has 0 aliphatic carbocycles. The highest BCUT2D eigenvalue weighted by Crippen LogP contribution is 2.29. The van der Waals surface area contributed by atoms with E-state index < -0.39 is 17.6 Å². The molecule has 4 nitrogen and oxygen atoms in total. The van der Waals surface area contributed by atoms with Crippen LogP contribution in [0.5, 0.6) is 5.88 Å². The van der Waals surface area contributed by atoms with Crippen molar-refractivity contribution in [2.45, 2.75) is 19.6 Å². The minimum Gasteiger partial charge on any atom is -0.478 e. The summed E-state index contributed by atoms with van der Waals surface area (Å²) >= 11 is 0. The lowest BCUT2D eigenvalue weighted by Crippen LogP contribution is -2.23. The van der Waals surface area contributed by atoms with Gasteiger partial charge in [-0.3, -0.25) is 4.79 Å². The van der Waals surface area contributed by atoms with Gasteiger partial charge >= 0.3 is 6.18 Å². The molecule has 2 rings (SSSR count). The molecule has 1 heterocycles. The average Bonchev–Trinajstić information content (AvgIpc) is 2.53. The largest absolute Gasteiger partial charge is 0.478 e. The van der Waals surface area contributed by atoms with Crippen molar-refractivity contribution >= 4 is 5.91 Å². The number of rotatable bonds is 5. The van der Waals surface area contributed by atoms with E-state index in [4.69, 9.17) is 4.74 Å². The van der Waals surface area contributed by atoms with Gasteiger partial charge < -0.3 is 10.1 Å². The molecular weight excluding hydrogens is 309 g/mol. The highest BCUT2D eigenvalue weighted by Gasteiger charge is 2.30. The third-order valence-electron chi connectivity index (χ3n) is 3.02. The molecule has 122 valence electrons. The number of ether oxygens (including phenoxy) is 1. The highest BCUT2D eigenvalue weighted by molar-refractivity contribution is 5.94. The van der Waals surface area contributed by atoms with Crippen molar-refractivity contribution in [1.82, 2.24) is 10.3 Å². The van der Waals surface area contributed by atoms with Crippen molar-refractivity contribution < 1.29 is 22.7 Å². The maximum atomic E-state index is 12.7. The van der Waals surface area contributed by atoms with Gasteiger partial charge in [0, 0.05) is 23.9 Å². The summed E-state index contributed by atoms with van der Waals surface area (Å²) in [5.74, 6) is -0.207. The van der Waals surface area contributed by atoms with Crippen LogP contribution in [0, 0.1) is 0 Å². The Labute approximate surface area is 131 Å². The second-order valence-electron chi connectivity index (χ2n) is 4.66. The van der Waals surface area contributed by atoms with Gasteiger partial charge in [-0.1, -0.05) is 12.1 Å². The van der Waals surface area contributed by atoms with Crippen LogP contribution in [-0.4, -0.2) is 17.5 Å². The van der Waals surface area contributed by atoms with Gasteiger partial charge in [-0.05, 0) is 31.2 Å². The summed E-state index contributed by atoms with van der Waals surface area (Å²) in [6.45, 7) is 2.34. The fourth-order valence-corrected chi connectivity index (χ4v) is 1.94. The van der Waals surface area contributed by atoms with Crippen molar-refractivity contribution in [3.63, 3.8) is 0 Å². The molecule has 1 aromatic heterocycles. The summed E-state index contributed by atoms with van der Waals surface area (Å²) in [6, 6.07) is 7.69.